The highest BCUT2D eigenvalue weighted by Gasteiger charge is 2.30. The van der Waals surface area contributed by atoms with Gasteiger partial charge in [0.1, 0.15) is 11.1 Å². The molecule has 25 heavy (non-hydrogen) atoms. The molecule has 0 bridgehead atoms. The predicted molar refractivity (Wildman–Crippen MR) is 95.2 cm³/mol. The first-order valence-electron chi connectivity index (χ1n) is 7.87. The number of aromatic nitrogens is 4. The van der Waals surface area contributed by atoms with Crippen LogP contribution in [0.3, 0.4) is 0 Å². The zero-order chi connectivity index (χ0) is 17.8. The van der Waals surface area contributed by atoms with E-state index in [0.29, 0.717) is 23.1 Å². The van der Waals surface area contributed by atoms with Gasteiger partial charge in [0.25, 0.3) is 0 Å². The normalized spacial score (nSPS) is 16.3. The molecule has 0 aromatic carbocycles. The molecule has 3 aromatic rings. The van der Waals surface area contributed by atoms with Crippen molar-refractivity contribution in [2.24, 2.45) is 5.14 Å². The minimum absolute atomic E-state index is 0.156. The SMILES string of the molecule is CC(c1cccc(-n2c(C3CC3)cc3cnc(Cl)nc32)n1)S(N)(=O)=O. The van der Waals surface area contributed by atoms with Crippen LogP contribution in [-0.4, -0.2) is 27.9 Å². The zero-order valence-corrected chi connectivity index (χ0v) is 15.0. The molecule has 1 saturated carbocycles. The van der Waals surface area contributed by atoms with Crippen molar-refractivity contribution in [3.63, 3.8) is 0 Å². The molecule has 0 amide bonds. The van der Waals surface area contributed by atoms with Gasteiger partial charge in [0, 0.05) is 17.3 Å². The highest BCUT2D eigenvalue weighted by atomic mass is 35.5. The number of hydrogen-bond acceptors (Lipinski definition) is 5. The van der Waals surface area contributed by atoms with Gasteiger partial charge < -0.3 is 0 Å². The largest absolute Gasteiger partial charge is 0.282 e. The van der Waals surface area contributed by atoms with E-state index in [1.807, 2.05) is 16.7 Å². The van der Waals surface area contributed by atoms with Crippen LogP contribution in [0.2, 0.25) is 5.28 Å². The van der Waals surface area contributed by atoms with Crippen LogP contribution in [0.25, 0.3) is 16.9 Å². The lowest BCUT2D eigenvalue weighted by Crippen LogP contribution is -2.20. The molecule has 4 rings (SSSR count). The smallest absolute Gasteiger partial charge is 0.224 e. The summed E-state index contributed by atoms with van der Waals surface area (Å²) >= 11 is 5.97. The first kappa shape index (κ1) is 16.4. The van der Waals surface area contributed by atoms with E-state index in [2.05, 4.69) is 15.0 Å². The second kappa shape index (κ2) is 5.76. The molecule has 130 valence electrons. The van der Waals surface area contributed by atoms with Gasteiger partial charge in [-0.25, -0.2) is 23.5 Å². The van der Waals surface area contributed by atoms with Crippen molar-refractivity contribution in [3.8, 4) is 5.82 Å². The van der Waals surface area contributed by atoms with Crippen LogP contribution >= 0.6 is 11.6 Å². The summed E-state index contributed by atoms with van der Waals surface area (Å²) in [7, 11) is -3.72. The second-order valence-corrected chi connectivity index (χ2v) is 8.47. The summed E-state index contributed by atoms with van der Waals surface area (Å²) in [5.74, 6) is 1.04. The Morgan fingerprint density at radius 2 is 2.08 bits per heavy atom. The fraction of sp³-hybridized carbons (Fsp3) is 0.312. The van der Waals surface area contributed by atoms with E-state index in [-0.39, 0.29) is 5.28 Å². The average Bonchev–Trinajstić information content (AvgIpc) is 3.34. The van der Waals surface area contributed by atoms with Crippen LogP contribution in [0.15, 0.2) is 30.5 Å². The Hall–Kier alpha value is -2.03. The summed E-state index contributed by atoms with van der Waals surface area (Å²) in [6.45, 7) is 1.52. The lowest BCUT2D eigenvalue weighted by molar-refractivity contribution is 0.586. The zero-order valence-electron chi connectivity index (χ0n) is 13.4. The third-order valence-corrected chi connectivity index (χ3v) is 5.84. The lowest BCUT2D eigenvalue weighted by atomic mass is 10.2. The number of halogens is 1. The lowest BCUT2D eigenvalue weighted by Gasteiger charge is -2.13. The molecule has 1 unspecified atom stereocenters. The van der Waals surface area contributed by atoms with Crippen LogP contribution in [-0.2, 0) is 10.0 Å². The van der Waals surface area contributed by atoms with Crippen molar-refractivity contribution in [1.82, 2.24) is 19.5 Å². The van der Waals surface area contributed by atoms with Gasteiger partial charge in [0.2, 0.25) is 15.3 Å². The number of nitrogens with zero attached hydrogens (tertiary/aromatic N) is 4. The van der Waals surface area contributed by atoms with Crippen LogP contribution in [0.5, 0.6) is 0 Å². The summed E-state index contributed by atoms with van der Waals surface area (Å²) in [6.07, 6.45) is 3.89. The Morgan fingerprint density at radius 1 is 1.32 bits per heavy atom. The van der Waals surface area contributed by atoms with Gasteiger partial charge in [-0.1, -0.05) is 6.07 Å². The van der Waals surface area contributed by atoms with Crippen molar-refractivity contribution in [3.05, 3.63) is 47.1 Å². The molecule has 3 heterocycles. The van der Waals surface area contributed by atoms with E-state index in [0.717, 1.165) is 23.9 Å². The average molecular weight is 378 g/mol. The maximum atomic E-state index is 11.7. The molecule has 1 atom stereocenters. The van der Waals surface area contributed by atoms with Gasteiger partial charge in [0.15, 0.2) is 5.65 Å². The van der Waals surface area contributed by atoms with Crippen LogP contribution in [0.4, 0.5) is 0 Å². The fourth-order valence-corrected chi connectivity index (χ4v) is 3.46. The number of fused-ring (bicyclic) bond motifs is 1. The monoisotopic (exact) mass is 377 g/mol. The molecule has 0 aliphatic heterocycles. The van der Waals surface area contributed by atoms with Gasteiger partial charge >= 0.3 is 0 Å². The molecule has 0 spiro atoms. The second-order valence-electron chi connectivity index (χ2n) is 6.25. The number of hydrogen-bond donors (Lipinski definition) is 1. The summed E-state index contributed by atoms with van der Waals surface area (Å²) < 4.78 is 25.3. The van der Waals surface area contributed by atoms with E-state index in [4.69, 9.17) is 16.7 Å². The Morgan fingerprint density at radius 3 is 2.76 bits per heavy atom. The molecule has 2 N–H and O–H groups in total. The van der Waals surface area contributed by atoms with Gasteiger partial charge in [-0.2, -0.15) is 4.98 Å². The molecule has 3 aromatic heterocycles. The quantitative estimate of drug-likeness (QED) is 0.704. The van der Waals surface area contributed by atoms with Crippen molar-refractivity contribution in [2.45, 2.75) is 30.9 Å². The molecule has 1 fully saturated rings. The Kier molecular flexibility index (Phi) is 3.78. The molecular formula is C16H16ClN5O2S. The third kappa shape index (κ3) is 3.01. The highest BCUT2D eigenvalue weighted by Crippen LogP contribution is 2.43. The molecule has 1 aliphatic rings. The minimum Gasteiger partial charge on any atom is -0.282 e. The molecular weight excluding hydrogens is 362 g/mol. The van der Waals surface area contributed by atoms with Crippen LogP contribution in [0, 0.1) is 0 Å². The van der Waals surface area contributed by atoms with E-state index >= 15 is 0 Å². The first-order chi connectivity index (χ1) is 11.8. The Balaban J connectivity index is 1.92. The number of sulfonamides is 1. The van der Waals surface area contributed by atoms with Crippen LogP contribution < -0.4 is 5.14 Å². The summed E-state index contributed by atoms with van der Waals surface area (Å²) in [4.78, 5) is 12.9. The molecule has 9 heteroatoms. The van der Waals surface area contributed by atoms with E-state index in [1.165, 1.54) is 6.92 Å². The molecule has 0 saturated heterocycles. The van der Waals surface area contributed by atoms with E-state index in [1.54, 1.807) is 18.3 Å². The molecule has 0 radical (unpaired) electrons. The van der Waals surface area contributed by atoms with Crippen molar-refractivity contribution in [2.75, 3.05) is 0 Å². The number of pyridine rings is 1. The minimum atomic E-state index is -3.72. The predicted octanol–water partition coefficient (Wildman–Crippen LogP) is 2.70. The van der Waals surface area contributed by atoms with Gasteiger partial charge in [-0.3, -0.25) is 4.57 Å². The van der Waals surface area contributed by atoms with Crippen molar-refractivity contribution in [1.29, 1.82) is 0 Å². The Bertz CT molecular complexity index is 1080. The standard InChI is InChI=1S/C16H16ClN5O2S/c1-9(25(18,23)24)12-3-2-4-14(20-12)22-13(10-5-6-10)7-11-8-19-16(17)21-15(11)22/h2-4,7-10H,5-6H2,1H3,(H2,18,23,24). The van der Waals surface area contributed by atoms with Gasteiger partial charge in [-0.15, -0.1) is 0 Å². The van der Waals surface area contributed by atoms with E-state index in [9.17, 15) is 8.42 Å². The number of rotatable bonds is 4. The van der Waals surface area contributed by atoms with Crippen molar-refractivity contribution >= 4 is 32.7 Å². The first-order valence-corrected chi connectivity index (χ1v) is 9.86. The van der Waals surface area contributed by atoms with E-state index < -0.39 is 15.3 Å². The summed E-state index contributed by atoms with van der Waals surface area (Å²) in [6, 6.07) is 7.29. The van der Waals surface area contributed by atoms with Crippen molar-refractivity contribution < 1.29 is 8.42 Å². The maximum Gasteiger partial charge on any atom is 0.224 e. The third-order valence-electron chi connectivity index (χ3n) is 4.43. The fourth-order valence-electron chi connectivity index (χ4n) is 2.87. The Labute approximate surface area is 149 Å². The highest BCUT2D eigenvalue weighted by molar-refractivity contribution is 7.89. The van der Waals surface area contributed by atoms with Crippen LogP contribution in [0.1, 0.15) is 42.3 Å². The topological polar surface area (TPSA) is 104 Å². The van der Waals surface area contributed by atoms with Gasteiger partial charge in [0.05, 0.1) is 5.69 Å². The van der Waals surface area contributed by atoms with Gasteiger partial charge in [-0.05, 0) is 55.5 Å². The number of nitrogens with two attached hydrogens (primary N) is 1. The summed E-state index contributed by atoms with van der Waals surface area (Å²) in [5.41, 5.74) is 2.14. The number of primary sulfonamides is 1. The molecule has 1 aliphatic carbocycles. The maximum absolute atomic E-state index is 11.7. The summed E-state index contributed by atoms with van der Waals surface area (Å²) in [5, 5.41) is 5.40. The molecule has 7 nitrogen and oxygen atoms in total.